The second-order valence-electron chi connectivity index (χ2n) is 1.86. The van der Waals surface area contributed by atoms with Crippen LogP contribution < -0.4 is 0 Å². The Morgan fingerprint density at radius 3 is 3.33 bits per heavy atom. The molecule has 0 aromatic carbocycles. The molecule has 0 atom stereocenters. The topological polar surface area (TPSA) is 32.7 Å². The maximum atomic E-state index is 8.87. The van der Waals surface area contributed by atoms with Gasteiger partial charge in [0.25, 0.3) is 0 Å². The first kappa shape index (κ1) is 3.32. The highest BCUT2D eigenvalue weighted by Gasteiger charge is 2.07. The van der Waals surface area contributed by atoms with E-state index in [1.54, 1.807) is 0 Å². The minimum absolute atomic E-state index is 0.00687. The molecule has 1 N–H and O–H groups in total. The summed E-state index contributed by atoms with van der Waals surface area (Å²) >= 11 is 0. The van der Waals surface area contributed by atoms with Crippen LogP contribution in [0.1, 0.15) is 5.48 Å². The Hall–Kier alpha value is -0.120. The molecule has 0 saturated carbocycles. The van der Waals surface area contributed by atoms with Gasteiger partial charge >= 0.3 is 0 Å². The van der Waals surface area contributed by atoms with Crippen LogP contribution in [0.3, 0.4) is 0 Å². The van der Waals surface area contributed by atoms with Gasteiger partial charge in [-0.3, -0.25) is 4.90 Å². The average Bonchev–Trinajstić information content (AvgIpc) is 1.79. The summed E-state index contributed by atoms with van der Waals surface area (Å²) < 4.78 is 33.2. The van der Waals surface area contributed by atoms with Crippen molar-refractivity contribution >= 4 is 0 Å². The quantitative estimate of drug-likeness (QED) is 0.544. The molecule has 0 spiro atoms. The zero-order valence-corrected chi connectivity index (χ0v) is 5.13. The monoisotopic (exact) mass is 135 g/mol. The summed E-state index contributed by atoms with van der Waals surface area (Å²) in [4.78, 5) is 1.50. The molecule has 0 aromatic rings. The molecule has 0 radical (unpaired) electrons. The highest BCUT2D eigenvalue weighted by molar-refractivity contribution is 4.59. The lowest BCUT2D eigenvalue weighted by Crippen LogP contribution is -2.37. The molecule has 1 saturated heterocycles. The number of β-amino-alcohol motifs (C(OH)–C–C–N with tert-alkyl or cyclic N) is 1. The van der Waals surface area contributed by atoms with Crippen molar-refractivity contribution in [1.29, 1.82) is 0 Å². The third-order valence-electron chi connectivity index (χ3n) is 1.19. The van der Waals surface area contributed by atoms with E-state index in [2.05, 4.69) is 0 Å². The second kappa shape index (κ2) is 3.82. The summed E-state index contributed by atoms with van der Waals surface area (Å²) in [6, 6.07) is 0. The predicted molar refractivity (Wildman–Crippen MR) is 34.3 cm³/mol. The van der Waals surface area contributed by atoms with Gasteiger partial charge in [-0.05, 0) is 0 Å². The van der Waals surface area contributed by atoms with Gasteiger partial charge in [0.05, 0.1) is 25.2 Å². The van der Waals surface area contributed by atoms with Gasteiger partial charge in [0.2, 0.25) is 0 Å². The summed E-state index contributed by atoms with van der Waals surface area (Å²) in [5, 5.41) is 8.87. The van der Waals surface area contributed by atoms with Crippen LogP contribution in [0.15, 0.2) is 0 Å². The molecule has 1 heterocycles. The molecule has 0 amide bonds. The summed E-state index contributed by atoms with van der Waals surface area (Å²) in [7, 11) is 0. The fourth-order valence-electron chi connectivity index (χ4n) is 0.698. The van der Waals surface area contributed by atoms with Crippen LogP contribution >= 0.6 is 0 Å². The van der Waals surface area contributed by atoms with Gasteiger partial charge < -0.3 is 9.84 Å². The van der Waals surface area contributed by atoms with E-state index in [4.69, 9.17) is 15.3 Å². The smallest absolute Gasteiger partial charge is 0.0594 e. The molecule has 3 heteroatoms. The van der Waals surface area contributed by atoms with Gasteiger partial charge in [-0.15, -0.1) is 0 Å². The van der Waals surface area contributed by atoms with E-state index in [0.717, 1.165) is 0 Å². The summed E-state index contributed by atoms with van der Waals surface area (Å²) in [5.41, 5.74) is 0. The molecule has 0 bridgehead atoms. The fourth-order valence-corrected chi connectivity index (χ4v) is 0.698. The zero-order valence-electron chi connectivity index (χ0n) is 9.13. The lowest BCUT2D eigenvalue weighted by molar-refractivity contribution is 0.0306. The van der Waals surface area contributed by atoms with Crippen molar-refractivity contribution < 1.29 is 15.3 Å². The third-order valence-corrected chi connectivity index (χ3v) is 1.19. The highest BCUT2D eigenvalue weighted by atomic mass is 16.5. The van der Waals surface area contributed by atoms with Crippen LogP contribution in [0.4, 0.5) is 0 Å². The summed E-state index contributed by atoms with van der Waals surface area (Å²) in [5.74, 6) is 0. The van der Waals surface area contributed by atoms with Crippen molar-refractivity contribution in [3.05, 3.63) is 0 Å². The molecule has 0 aromatic heterocycles. The van der Waals surface area contributed by atoms with Gasteiger partial charge in [-0.2, -0.15) is 0 Å². The molecule has 1 aliphatic rings. The van der Waals surface area contributed by atoms with Gasteiger partial charge in [0, 0.05) is 19.6 Å². The van der Waals surface area contributed by atoms with Crippen LogP contribution in [-0.4, -0.2) is 49.4 Å². The lowest BCUT2D eigenvalue weighted by atomic mass is 10.4. The van der Waals surface area contributed by atoms with E-state index >= 15 is 0 Å². The Kier molecular flexibility index (Phi) is 1.41. The van der Waals surface area contributed by atoms with Crippen molar-refractivity contribution in [3.63, 3.8) is 0 Å². The maximum Gasteiger partial charge on any atom is 0.0594 e. The van der Waals surface area contributed by atoms with Crippen LogP contribution in [0.2, 0.25) is 0 Å². The van der Waals surface area contributed by atoms with Crippen LogP contribution in [0.25, 0.3) is 0 Å². The Morgan fingerprint density at radius 2 is 2.67 bits per heavy atom. The average molecular weight is 135 g/mol. The van der Waals surface area contributed by atoms with Crippen LogP contribution in [-0.2, 0) is 4.74 Å². The minimum atomic E-state index is -2.27. The SMILES string of the molecule is [2H]C([2H])(O)CN1CCOC([2H])([2H])C1. The lowest BCUT2D eigenvalue weighted by Gasteiger charge is -2.25. The summed E-state index contributed by atoms with van der Waals surface area (Å²) in [6.45, 7) is -3.53. The largest absolute Gasteiger partial charge is 0.395 e. The van der Waals surface area contributed by atoms with E-state index in [-0.39, 0.29) is 19.7 Å². The van der Waals surface area contributed by atoms with Gasteiger partial charge in [-0.1, -0.05) is 0 Å². The number of rotatable bonds is 2. The molecule has 3 nitrogen and oxygen atoms in total. The normalized spacial score (nSPS) is 36.1. The number of ether oxygens (including phenoxy) is 1. The zero-order chi connectivity index (χ0) is 10.1. The fraction of sp³-hybridized carbons (Fsp3) is 1.00. The first-order valence-electron chi connectivity index (χ1n) is 4.87. The molecule has 9 heavy (non-hydrogen) atoms. The second-order valence-corrected chi connectivity index (χ2v) is 1.86. The first-order valence-corrected chi connectivity index (χ1v) is 2.87. The molecule has 54 valence electrons. The predicted octanol–water partition coefficient (Wildman–Crippen LogP) is -0.689. The maximum absolute atomic E-state index is 8.87. The van der Waals surface area contributed by atoms with Gasteiger partial charge in [0.1, 0.15) is 0 Å². The Morgan fingerprint density at radius 1 is 1.78 bits per heavy atom. The molecule has 1 aliphatic heterocycles. The molecule has 1 rings (SSSR count). The number of nitrogens with zero attached hydrogens (tertiary/aromatic N) is 1. The number of morpholine rings is 1. The van der Waals surface area contributed by atoms with Crippen molar-refractivity contribution in [1.82, 2.24) is 4.90 Å². The van der Waals surface area contributed by atoms with Crippen LogP contribution in [0, 0.1) is 0 Å². The van der Waals surface area contributed by atoms with E-state index < -0.39 is 13.1 Å². The summed E-state index contributed by atoms with van der Waals surface area (Å²) in [6.07, 6.45) is 0. The molecular formula is C6H13NO2. The van der Waals surface area contributed by atoms with Crippen molar-refractivity contribution in [2.45, 2.75) is 0 Å². The number of hydrogen-bond donors (Lipinski definition) is 1. The number of aliphatic hydroxyl groups is 1. The van der Waals surface area contributed by atoms with Crippen molar-refractivity contribution in [2.24, 2.45) is 0 Å². The van der Waals surface area contributed by atoms with E-state index in [1.165, 1.54) is 4.90 Å². The molecule has 0 aliphatic carbocycles. The Labute approximate surface area is 60.8 Å². The molecule has 1 fully saturated rings. The first-order chi connectivity index (χ1) is 5.79. The van der Waals surface area contributed by atoms with E-state index in [1.807, 2.05) is 0 Å². The van der Waals surface area contributed by atoms with Crippen LogP contribution in [0.5, 0.6) is 0 Å². The standard InChI is InChI=1S/C6H13NO2/c8-4-1-7-2-5-9-6-3-7/h8H,1-6H2/i4D2,5D2. The number of hydrogen-bond acceptors (Lipinski definition) is 3. The van der Waals surface area contributed by atoms with Gasteiger partial charge in [0.15, 0.2) is 0 Å². The molecular weight excluding hydrogens is 118 g/mol. The van der Waals surface area contributed by atoms with Crippen molar-refractivity contribution in [3.8, 4) is 0 Å². The Bertz CT molecular complexity index is 180. The minimum Gasteiger partial charge on any atom is -0.395 e. The third kappa shape index (κ3) is 2.30. The Balaban J connectivity index is 2.44. The van der Waals surface area contributed by atoms with Crippen molar-refractivity contribution in [2.75, 3.05) is 39.4 Å². The van der Waals surface area contributed by atoms with E-state index in [0.29, 0.717) is 6.54 Å². The van der Waals surface area contributed by atoms with Gasteiger partial charge in [-0.25, -0.2) is 0 Å². The highest BCUT2D eigenvalue weighted by Crippen LogP contribution is 1.93. The molecule has 0 unspecified atom stereocenters. The van der Waals surface area contributed by atoms with E-state index in [9.17, 15) is 0 Å².